The fraction of sp³-hybridized carbons (Fsp3) is 0. The number of carbonyl (C=O) groups excluding carboxylic acids is 1. The van der Waals surface area contributed by atoms with Crippen molar-refractivity contribution < 1.29 is 25.9 Å². The molecular weight excluding hydrogens is 273 g/mol. The van der Waals surface area contributed by atoms with E-state index < -0.39 is 0 Å². The molecule has 0 aromatic rings. The first-order valence-corrected chi connectivity index (χ1v) is 2.14. The van der Waals surface area contributed by atoms with Crippen LogP contribution >= 0.6 is 0 Å². The second-order valence-electron chi connectivity index (χ2n) is 0.471. The number of hydrogen-bond donors (Lipinski definition) is 0. The van der Waals surface area contributed by atoms with Crippen LogP contribution in [-0.2, 0) is 25.9 Å². The fourth-order valence-corrected chi connectivity index (χ4v) is 0. The number of allylic oxidation sites excluding steroid dienone is 1. The van der Waals surface area contributed by atoms with Crippen molar-refractivity contribution in [3.05, 3.63) is 12.7 Å². The van der Waals surface area contributed by atoms with Crippen LogP contribution in [0.1, 0.15) is 0 Å². The molecule has 0 unspecified atom stereocenters. The molecule has 0 saturated carbocycles. The van der Waals surface area contributed by atoms with Crippen LogP contribution in [0.25, 0.3) is 0 Å². The van der Waals surface area contributed by atoms with E-state index in [-0.39, 0.29) is 27.1 Å². The molecule has 0 aliphatic rings. The zero-order valence-corrected chi connectivity index (χ0v) is 6.78. The van der Waals surface area contributed by atoms with E-state index in [1.807, 2.05) is 0 Å². The Bertz CT molecular complexity index is 61.8. The molecule has 1 nitrogen and oxygen atoms in total. The Balaban J connectivity index is 0. The largest absolute Gasteiger partial charge is 0 e. The standard InChI is InChI=1S/C3H3O.Au.Mg/c1-2-3-4;;/h2H,1H2;;. The molecule has 0 aliphatic heterocycles. The smallest absolute Gasteiger partial charge is 0 e. The maximum Gasteiger partial charge on any atom is 0 e. The monoisotopic (exact) mass is 276 g/mol. The molecule has 0 spiro atoms. The van der Waals surface area contributed by atoms with Gasteiger partial charge in [0.25, 0.3) is 0 Å². The first-order chi connectivity index (χ1) is 2.27. The van der Waals surface area contributed by atoms with Crippen LogP contribution in [0, 0.1) is 0 Å². The Morgan fingerprint density at radius 2 is 2.00 bits per heavy atom. The molecule has 0 amide bonds. The van der Waals surface area contributed by atoms with Crippen molar-refractivity contribution in [1.82, 2.24) is 0 Å². The van der Waals surface area contributed by atoms with Gasteiger partial charge < -0.3 is 0 Å². The molecule has 0 fully saturated rings. The third-order valence-electron chi connectivity index (χ3n) is 0.145. The van der Waals surface area contributed by atoms with Gasteiger partial charge in [0.2, 0.25) is 0 Å². The molecular formula is C3H3AuMgO. The predicted octanol–water partition coefficient (Wildman–Crippen LogP) is -0.135. The van der Waals surface area contributed by atoms with Gasteiger partial charge in [-0.05, 0) is 0 Å². The summed E-state index contributed by atoms with van der Waals surface area (Å²) in [6.45, 7) is 3.20. The van der Waals surface area contributed by atoms with Gasteiger partial charge in [-0.25, -0.2) is 0 Å². The van der Waals surface area contributed by atoms with Crippen LogP contribution in [0.4, 0.5) is 0 Å². The van der Waals surface area contributed by atoms with E-state index in [1.54, 1.807) is 21.1 Å². The van der Waals surface area contributed by atoms with Crippen molar-refractivity contribution in [2.45, 2.75) is 0 Å². The van der Waals surface area contributed by atoms with Crippen molar-refractivity contribution >= 4 is 27.1 Å². The SMILES string of the molecule is C=C[C](=O)[Au].[Mg]. The van der Waals surface area contributed by atoms with Crippen molar-refractivity contribution in [3.63, 3.8) is 0 Å². The van der Waals surface area contributed by atoms with Gasteiger partial charge in [-0.1, -0.05) is 0 Å². The Kier molecular flexibility index (Phi) is 9.88. The molecule has 0 atom stereocenters. The van der Waals surface area contributed by atoms with E-state index in [9.17, 15) is 4.79 Å². The Morgan fingerprint density at radius 1 is 1.83 bits per heavy atom. The van der Waals surface area contributed by atoms with Gasteiger partial charge in [0.1, 0.15) is 0 Å². The predicted molar refractivity (Wildman–Crippen MR) is 21.0 cm³/mol. The summed E-state index contributed by atoms with van der Waals surface area (Å²) in [7, 11) is 0. The van der Waals surface area contributed by atoms with Crippen LogP contribution in [-0.4, -0.2) is 27.1 Å². The van der Waals surface area contributed by atoms with E-state index in [1.165, 1.54) is 6.08 Å². The molecule has 34 valence electrons. The van der Waals surface area contributed by atoms with Crippen molar-refractivity contribution in [1.29, 1.82) is 0 Å². The molecule has 0 aromatic carbocycles. The summed E-state index contributed by atoms with van der Waals surface area (Å²) in [5.41, 5.74) is 0. The minimum atomic E-state index is -0.0370. The Labute approximate surface area is 65.2 Å². The second kappa shape index (κ2) is 5.92. The van der Waals surface area contributed by atoms with E-state index in [2.05, 4.69) is 6.58 Å². The molecule has 0 bridgehead atoms. The van der Waals surface area contributed by atoms with Gasteiger partial charge in [-0.2, -0.15) is 0 Å². The quantitative estimate of drug-likeness (QED) is 0.481. The molecule has 0 aromatic heterocycles. The maximum atomic E-state index is 9.67. The zero-order chi connectivity index (χ0) is 4.28. The zero-order valence-electron chi connectivity index (χ0n) is 3.20. The van der Waals surface area contributed by atoms with Gasteiger partial charge in [0, 0.05) is 23.1 Å². The van der Waals surface area contributed by atoms with Crippen molar-refractivity contribution in [3.8, 4) is 0 Å². The summed E-state index contributed by atoms with van der Waals surface area (Å²) in [4.78, 5) is 9.67. The summed E-state index contributed by atoms with van der Waals surface area (Å²) >= 11 is 1.81. The first-order valence-electron chi connectivity index (χ1n) is 1.05. The molecule has 6 heavy (non-hydrogen) atoms. The minimum Gasteiger partial charge on any atom is 0 e. The average Bonchev–Trinajstić information content (AvgIpc) is 1.38. The molecule has 3 heteroatoms. The van der Waals surface area contributed by atoms with Crippen LogP contribution < -0.4 is 0 Å². The third-order valence-corrected chi connectivity index (χ3v) is 0.587. The molecule has 0 rings (SSSR count). The number of rotatable bonds is 1. The minimum absolute atomic E-state index is 0. The van der Waals surface area contributed by atoms with E-state index in [0.717, 1.165) is 0 Å². The second-order valence-corrected chi connectivity index (χ2v) is 1.54. The fourth-order valence-electron chi connectivity index (χ4n) is 0. The molecule has 0 N–H and O–H groups in total. The average molecular weight is 276 g/mol. The summed E-state index contributed by atoms with van der Waals surface area (Å²) < 4.78 is -0.0370. The third kappa shape index (κ3) is 8.87. The molecule has 2 radical (unpaired) electrons. The summed E-state index contributed by atoms with van der Waals surface area (Å²) in [5.74, 6) is 0. The van der Waals surface area contributed by atoms with Crippen LogP contribution in [0.2, 0.25) is 0 Å². The molecule has 0 heterocycles. The van der Waals surface area contributed by atoms with Gasteiger partial charge >= 0.3 is 42.5 Å². The van der Waals surface area contributed by atoms with Crippen molar-refractivity contribution in [2.75, 3.05) is 0 Å². The Morgan fingerprint density at radius 3 is 2.00 bits per heavy atom. The summed E-state index contributed by atoms with van der Waals surface area (Å²) in [6, 6.07) is 0. The Hall–Kier alpha value is 0.916. The molecule has 0 saturated heterocycles. The normalized spacial score (nSPS) is 5.67. The van der Waals surface area contributed by atoms with Crippen molar-refractivity contribution in [2.24, 2.45) is 0 Å². The summed E-state index contributed by atoms with van der Waals surface area (Å²) in [5, 5.41) is 0. The van der Waals surface area contributed by atoms with E-state index in [0.29, 0.717) is 0 Å². The van der Waals surface area contributed by atoms with E-state index in [4.69, 9.17) is 0 Å². The van der Waals surface area contributed by atoms with Crippen LogP contribution in [0.5, 0.6) is 0 Å². The van der Waals surface area contributed by atoms with Gasteiger partial charge in [0.15, 0.2) is 0 Å². The first kappa shape index (κ1) is 10.0. The van der Waals surface area contributed by atoms with Crippen LogP contribution in [0.15, 0.2) is 12.7 Å². The topological polar surface area (TPSA) is 17.1 Å². The van der Waals surface area contributed by atoms with Gasteiger partial charge in [0.05, 0.1) is 0 Å². The van der Waals surface area contributed by atoms with E-state index >= 15 is 0 Å². The van der Waals surface area contributed by atoms with Crippen LogP contribution in [0.3, 0.4) is 0 Å². The van der Waals surface area contributed by atoms with Gasteiger partial charge in [-0.3, -0.25) is 0 Å². The van der Waals surface area contributed by atoms with Gasteiger partial charge in [-0.15, -0.1) is 0 Å². The molecule has 0 aliphatic carbocycles. The number of carbonyl (C=O) groups is 1. The number of hydrogen-bond acceptors (Lipinski definition) is 1. The maximum absolute atomic E-state index is 9.67. The summed E-state index contributed by atoms with van der Waals surface area (Å²) in [6.07, 6.45) is 1.25.